The number of ether oxygens (including phenoxy) is 1. The monoisotopic (exact) mass is 539 g/mol. The number of rotatable bonds is 5. The van der Waals surface area contributed by atoms with E-state index in [1.54, 1.807) is 0 Å². The van der Waals surface area contributed by atoms with Crippen molar-refractivity contribution in [3.05, 3.63) is 94.5 Å². The third-order valence-electron chi connectivity index (χ3n) is 7.65. The molecule has 3 aliphatic heterocycles. The molecule has 1 aromatic heterocycles. The maximum absolute atomic E-state index is 13.2. The molecule has 0 amide bonds. The minimum atomic E-state index is -0.879. The quantitative estimate of drug-likeness (QED) is 0.374. The molecule has 0 radical (unpaired) electrons. The SMILES string of the molecule is O=C1Cc2ccccc2C(c2ccccc2)=N[C@@H]1Nc1nnc(-c2ccc(N3C4CCC3COC4)cc2Cl)o1. The number of nitrogens with zero attached hydrogens (tertiary/aromatic N) is 4. The fraction of sp³-hybridized carbons (Fsp3) is 0.267. The smallest absolute Gasteiger partial charge is 0.317 e. The van der Waals surface area contributed by atoms with E-state index in [-0.39, 0.29) is 24.1 Å². The van der Waals surface area contributed by atoms with Crippen LogP contribution in [0.4, 0.5) is 11.7 Å². The molecular formula is C30H26ClN5O3. The number of carbonyl (C=O) groups is 1. The van der Waals surface area contributed by atoms with Crippen molar-refractivity contribution in [3.63, 3.8) is 0 Å². The number of ketones is 1. The van der Waals surface area contributed by atoms with E-state index in [9.17, 15) is 4.79 Å². The maximum atomic E-state index is 13.2. The van der Waals surface area contributed by atoms with Crippen molar-refractivity contribution in [1.82, 2.24) is 10.2 Å². The van der Waals surface area contributed by atoms with E-state index >= 15 is 0 Å². The van der Waals surface area contributed by atoms with Crippen molar-refractivity contribution in [2.24, 2.45) is 4.99 Å². The van der Waals surface area contributed by atoms with Crippen LogP contribution in [0.2, 0.25) is 5.02 Å². The molecule has 3 atom stereocenters. The Kier molecular flexibility index (Phi) is 6.14. The molecule has 4 aromatic rings. The van der Waals surface area contributed by atoms with Crippen LogP contribution in [0.5, 0.6) is 0 Å². The highest BCUT2D eigenvalue weighted by atomic mass is 35.5. The highest BCUT2D eigenvalue weighted by molar-refractivity contribution is 6.33. The summed E-state index contributed by atoms with van der Waals surface area (Å²) in [5, 5.41) is 11.9. The van der Waals surface area contributed by atoms with E-state index < -0.39 is 6.17 Å². The number of hydrogen-bond acceptors (Lipinski definition) is 8. The second-order valence-electron chi connectivity index (χ2n) is 10.1. The topological polar surface area (TPSA) is 92.9 Å². The van der Waals surface area contributed by atoms with Gasteiger partial charge in [0.25, 0.3) is 5.89 Å². The van der Waals surface area contributed by atoms with E-state index in [2.05, 4.69) is 20.4 Å². The van der Waals surface area contributed by atoms with Gasteiger partial charge in [0.1, 0.15) is 0 Å². The lowest BCUT2D eigenvalue weighted by molar-refractivity contribution is -0.119. The summed E-state index contributed by atoms with van der Waals surface area (Å²) in [5.74, 6) is 0.186. The minimum absolute atomic E-state index is 0.0874. The van der Waals surface area contributed by atoms with Crippen LogP contribution >= 0.6 is 11.6 Å². The van der Waals surface area contributed by atoms with Crippen molar-refractivity contribution >= 4 is 34.8 Å². The molecule has 2 unspecified atom stereocenters. The summed E-state index contributed by atoms with van der Waals surface area (Å²) >= 11 is 6.70. The summed E-state index contributed by atoms with van der Waals surface area (Å²) < 4.78 is 11.6. The number of halogens is 1. The number of morpholine rings is 1. The molecule has 2 saturated heterocycles. The summed E-state index contributed by atoms with van der Waals surface area (Å²) in [6.45, 7) is 1.49. The molecule has 1 N–H and O–H groups in total. The summed E-state index contributed by atoms with van der Waals surface area (Å²) in [6.07, 6.45) is 1.62. The number of fused-ring (bicyclic) bond motifs is 3. The number of anilines is 2. The van der Waals surface area contributed by atoms with Gasteiger partial charge in [-0.2, -0.15) is 0 Å². The predicted octanol–water partition coefficient (Wildman–Crippen LogP) is 5.16. The van der Waals surface area contributed by atoms with Crippen molar-refractivity contribution in [3.8, 4) is 11.5 Å². The van der Waals surface area contributed by atoms with Crippen molar-refractivity contribution in [2.45, 2.75) is 37.5 Å². The zero-order valence-corrected chi connectivity index (χ0v) is 21.8. The summed E-state index contributed by atoms with van der Waals surface area (Å²) in [6, 6.07) is 24.5. The van der Waals surface area contributed by atoms with Crippen molar-refractivity contribution in [1.29, 1.82) is 0 Å². The molecular weight excluding hydrogens is 514 g/mol. The number of aromatic nitrogens is 2. The molecule has 196 valence electrons. The molecule has 8 nitrogen and oxygen atoms in total. The normalized spacial score (nSPS) is 22.3. The van der Waals surface area contributed by atoms with Gasteiger partial charge in [0.2, 0.25) is 0 Å². The van der Waals surface area contributed by atoms with Crippen LogP contribution < -0.4 is 10.2 Å². The van der Waals surface area contributed by atoms with E-state index in [1.807, 2.05) is 72.8 Å². The Balaban J connectivity index is 1.16. The van der Waals surface area contributed by atoms with Gasteiger partial charge in [0.15, 0.2) is 11.9 Å². The van der Waals surface area contributed by atoms with Crippen LogP contribution in [0.1, 0.15) is 29.5 Å². The van der Waals surface area contributed by atoms with Gasteiger partial charge in [-0.1, -0.05) is 71.3 Å². The first-order valence-electron chi connectivity index (χ1n) is 13.1. The summed E-state index contributed by atoms with van der Waals surface area (Å²) in [5.41, 5.74) is 5.25. The lowest BCUT2D eigenvalue weighted by Gasteiger charge is -2.36. The first-order valence-corrected chi connectivity index (χ1v) is 13.5. The molecule has 39 heavy (non-hydrogen) atoms. The first-order chi connectivity index (χ1) is 19.1. The zero-order valence-electron chi connectivity index (χ0n) is 21.1. The zero-order chi connectivity index (χ0) is 26.3. The summed E-state index contributed by atoms with van der Waals surface area (Å²) in [7, 11) is 0. The van der Waals surface area contributed by atoms with Gasteiger partial charge in [-0.3, -0.25) is 9.79 Å². The first kappa shape index (κ1) is 24.1. The lowest BCUT2D eigenvalue weighted by atomic mass is 9.96. The number of Topliss-reactive ketones (excluding diaryl/α,β-unsaturated/α-hetero) is 1. The number of carbonyl (C=O) groups excluding carboxylic acids is 1. The Morgan fingerprint density at radius 3 is 2.46 bits per heavy atom. The van der Waals surface area contributed by atoms with Gasteiger partial charge in [-0.25, -0.2) is 0 Å². The van der Waals surface area contributed by atoms with Crippen LogP contribution in [0, 0.1) is 0 Å². The third kappa shape index (κ3) is 4.49. The molecule has 2 fully saturated rings. The largest absolute Gasteiger partial charge is 0.403 e. The van der Waals surface area contributed by atoms with Gasteiger partial charge in [0.05, 0.1) is 41.6 Å². The fourth-order valence-electron chi connectivity index (χ4n) is 5.79. The number of aliphatic imine (C=N–C) groups is 1. The third-order valence-corrected chi connectivity index (χ3v) is 7.97. The second-order valence-corrected chi connectivity index (χ2v) is 10.5. The molecule has 7 rings (SSSR count). The molecule has 0 saturated carbocycles. The Morgan fingerprint density at radius 1 is 0.897 bits per heavy atom. The molecule has 2 bridgehead atoms. The number of benzene rings is 3. The van der Waals surface area contributed by atoms with Gasteiger partial charge in [-0.05, 0) is 36.6 Å². The minimum Gasteiger partial charge on any atom is -0.403 e. The molecule has 0 spiro atoms. The standard InChI is InChI=1S/C30H26ClN5O3/c31-25-15-20(36-21-10-11-22(36)17-38-16-21)12-13-24(25)29-34-35-30(39-29)33-28-26(37)14-19-8-4-5-9-23(19)27(32-28)18-6-2-1-3-7-18/h1-9,12-13,15,21-22,28H,10-11,14,16-17H2,(H,33,35)/t21?,22?,28-/m1/s1. The van der Waals surface area contributed by atoms with Gasteiger partial charge >= 0.3 is 6.01 Å². The Morgan fingerprint density at radius 2 is 1.67 bits per heavy atom. The van der Waals surface area contributed by atoms with Crippen molar-refractivity contribution in [2.75, 3.05) is 23.4 Å². The van der Waals surface area contributed by atoms with Crippen LogP contribution in [0.25, 0.3) is 11.5 Å². The van der Waals surface area contributed by atoms with Gasteiger partial charge in [-0.15, -0.1) is 5.10 Å². The van der Waals surface area contributed by atoms with Gasteiger partial charge < -0.3 is 19.4 Å². The van der Waals surface area contributed by atoms with E-state index in [1.165, 1.54) is 0 Å². The van der Waals surface area contributed by atoms with E-state index in [4.69, 9.17) is 25.7 Å². The average Bonchev–Trinajstić information content (AvgIpc) is 3.48. The average molecular weight is 540 g/mol. The number of hydrogen-bond donors (Lipinski definition) is 1. The molecule has 9 heteroatoms. The highest BCUT2D eigenvalue weighted by Gasteiger charge is 2.37. The van der Waals surface area contributed by atoms with Crippen LogP contribution in [-0.4, -0.2) is 53.2 Å². The number of nitrogens with one attached hydrogen (secondary N) is 1. The van der Waals surface area contributed by atoms with Crippen molar-refractivity contribution < 1.29 is 13.9 Å². The molecule has 3 aliphatic rings. The predicted molar refractivity (Wildman–Crippen MR) is 149 cm³/mol. The van der Waals surface area contributed by atoms with Gasteiger partial charge in [0, 0.05) is 23.2 Å². The molecule has 0 aliphatic carbocycles. The van der Waals surface area contributed by atoms with E-state index in [0.29, 0.717) is 22.7 Å². The second kappa shape index (κ2) is 9.94. The fourth-order valence-corrected chi connectivity index (χ4v) is 6.05. The Hall–Kier alpha value is -4.01. The van der Waals surface area contributed by atoms with Crippen LogP contribution in [0.3, 0.4) is 0 Å². The summed E-state index contributed by atoms with van der Waals surface area (Å²) in [4.78, 5) is 20.5. The maximum Gasteiger partial charge on any atom is 0.317 e. The lowest BCUT2D eigenvalue weighted by Crippen LogP contribution is -2.45. The molecule has 4 heterocycles. The van der Waals surface area contributed by atoms with Crippen LogP contribution in [-0.2, 0) is 16.0 Å². The Labute approximate surface area is 230 Å². The highest BCUT2D eigenvalue weighted by Crippen LogP contribution is 2.38. The van der Waals surface area contributed by atoms with E-state index in [0.717, 1.165) is 54.1 Å². The van der Waals surface area contributed by atoms with Crippen LogP contribution in [0.15, 0.2) is 82.2 Å². The molecule has 3 aromatic carbocycles. The Bertz CT molecular complexity index is 1550.